The first kappa shape index (κ1) is 14.9. The third kappa shape index (κ3) is 3.77. The van der Waals surface area contributed by atoms with E-state index in [9.17, 15) is 4.39 Å². The maximum absolute atomic E-state index is 13.5. The van der Waals surface area contributed by atoms with Crippen molar-refractivity contribution in [2.45, 2.75) is 13.5 Å². The lowest BCUT2D eigenvalue weighted by Gasteiger charge is -2.09. The minimum atomic E-state index is -0.374. The van der Waals surface area contributed by atoms with Crippen LogP contribution in [0.15, 0.2) is 40.9 Å². The normalized spacial score (nSPS) is 10.3. The quantitative estimate of drug-likeness (QED) is 0.840. The average Bonchev–Trinajstić information content (AvgIpc) is 2.39. The van der Waals surface area contributed by atoms with Crippen molar-refractivity contribution in [1.29, 1.82) is 0 Å². The average molecular weight is 354 g/mol. The van der Waals surface area contributed by atoms with Crippen molar-refractivity contribution in [3.8, 4) is 5.75 Å². The van der Waals surface area contributed by atoms with E-state index in [-0.39, 0.29) is 17.4 Å². The second-order valence-corrected chi connectivity index (χ2v) is 5.71. The van der Waals surface area contributed by atoms with Gasteiger partial charge >= 0.3 is 0 Å². The summed E-state index contributed by atoms with van der Waals surface area (Å²) in [6.07, 6.45) is 0. The number of nitrogens with two attached hydrogens (primary N) is 1. The van der Waals surface area contributed by atoms with Gasteiger partial charge in [-0.05, 0) is 54.4 Å². The molecule has 0 bridgehead atoms. The van der Waals surface area contributed by atoms with Crippen LogP contribution in [0.5, 0.6) is 5.75 Å². The molecule has 0 saturated heterocycles. The monoisotopic (exact) mass is 353 g/mol. The van der Waals surface area contributed by atoms with Crippen LogP contribution in [-0.4, -0.2) is 4.99 Å². The minimum Gasteiger partial charge on any atom is -0.489 e. The van der Waals surface area contributed by atoms with Crippen molar-refractivity contribution < 1.29 is 9.13 Å². The fourth-order valence-electron chi connectivity index (χ4n) is 1.75. The van der Waals surface area contributed by atoms with Gasteiger partial charge in [0.15, 0.2) is 0 Å². The van der Waals surface area contributed by atoms with E-state index in [0.717, 1.165) is 15.8 Å². The second-order valence-electron chi connectivity index (χ2n) is 4.41. The Labute approximate surface area is 130 Å². The molecule has 0 atom stereocenters. The molecule has 104 valence electrons. The van der Waals surface area contributed by atoms with Crippen LogP contribution in [0.4, 0.5) is 4.39 Å². The minimum absolute atomic E-state index is 0.172. The molecule has 0 radical (unpaired) electrons. The molecule has 0 saturated carbocycles. The van der Waals surface area contributed by atoms with Crippen molar-refractivity contribution in [2.75, 3.05) is 0 Å². The maximum atomic E-state index is 13.5. The van der Waals surface area contributed by atoms with Crippen molar-refractivity contribution >= 4 is 33.1 Å². The zero-order valence-electron chi connectivity index (χ0n) is 10.8. The van der Waals surface area contributed by atoms with Crippen LogP contribution in [0.25, 0.3) is 0 Å². The molecule has 2 N–H and O–H groups in total. The fourth-order valence-corrected chi connectivity index (χ4v) is 2.11. The topological polar surface area (TPSA) is 35.2 Å². The zero-order valence-corrected chi connectivity index (χ0v) is 13.2. The lowest BCUT2D eigenvalue weighted by molar-refractivity contribution is 0.305. The van der Waals surface area contributed by atoms with Crippen molar-refractivity contribution in [3.05, 3.63) is 63.4 Å². The number of ether oxygens (including phenoxy) is 1. The molecule has 0 aliphatic rings. The number of benzene rings is 2. The van der Waals surface area contributed by atoms with Gasteiger partial charge in [0, 0.05) is 10.0 Å². The molecule has 2 aromatic carbocycles. The van der Waals surface area contributed by atoms with E-state index < -0.39 is 0 Å². The van der Waals surface area contributed by atoms with Gasteiger partial charge < -0.3 is 10.5 Å². The van der Waals surface area contributed by atoms with Crippen LogP contribution in [0.1, 0.15) is 16.7 Å². The van der Waals surface area contributed by atoms with Gasteiger partial charge in [0.1, 0.15) is 23.2 Å². The highest BCUT2D eigenvalue weighted by atomic mass is 79.9. The first-order chi connectivity index (χ1) is 9.45. The SMILES string of the molecule is Cc1cc(OCc2cc(F)cc(C(N)=S)c2)ccc1Br. The Bertz CT molecular complexity index is 660. The maximum Gasteiger partial charge on any atom is 0.124 e. The van der Waals surface area contributed by atoms with Crippen molar-refractivity contribution in [3.63, 3.8) is 0 Å². The van der Waals surface area contributed by atoms with Crippen LogP contribution in [0, 0.1) is 12.7 Å². The van der Waals surface area contributed by atoms with Gasteiger partial charge in [0.2, 0.25) is 0 Å². The lowest BCUT2D eigenvalue weighted by Crippen LogP contribution is -2.10. The predicted octanol–water partition coefficient (Wildman–Crippen LogP) is 4.11. The zero-order chi connectivity index (χ0) is 14.7. The lowest BCUT2D eigenvalue weighted by atomic mass is 10.1. The summed E-state index contributed by atoms with van der Waals surface area (Å²) in [5.41, 5.74) is 7.78. The number of thiocarbonyl (C=S) groups is 1. The molecule has 0 heterocycles. The number of rotatable bonds is 4. The van der Waals surface area contributed by atoms with Gasteiger partial charge in [-0.1, -0.05) is 28.1 Å². The van der Waals surface area contributed by atoms with Crippen LogP contribution >= 0.6 is 28.1 Å². The molecule has 0 amide bonds. The first-order valence-electron chi connectivity index (χ1n) is 5.94. The summed E-state index contributed by atoms with van der Waals surface area (Å²) in [7, 11) is 0. The van der Waals surface area contributed by atoms with Crippen LogP contribution in [0.3, 0.4) is 0 Å². The van der Waals surface area contributed by atoms with Gasteiger partial charge in [-0.25, -0.2) is 4.39 Å². The summed E-state index contributed by atoms with van der Waals surface area (Å²) < 4.78 is 20.1. The van der Waals surface area contributed by atoms with E-state index in [1.54, 1.807) is 6.07 Å². The molecule has 0 fully saturated rings. The van der Waals surface area contributed by atoms with Crippen LogP contribution < -0.4 is 10.5 Å². The summed E-state index contributed by atoms with van der Waals surface area (Å²) in [5.74, 6) is 0.354. The molecule has 20 heavy (non-hydrogen) atoms. The van der Waals surface area contributed by atoms with Gasteiger partial charge in [0.05, 0.1) is 0 Å². The molecule has 0 spiro atoms. The van der Waals surface area contributed by atoms with Gasteiger partial charge in [-0.2, -0.15) is 0 Å². The summed E-state index contributed by atoms with van der Waals surface area (Å²) in [5, 5.41) is 0. The summed E-state index contributed by atoms with van der Waals surface area (Å²) in [6, 6.07) is 10.1. The molecule has 0 aromatic heterocycles. The van der Waals surface area contributed by atoms with E-state index in [1.807, 2.05) is 25.1 Å². The molecule has 5 heteroatoms. The fraction of sp³-hybridized carbons (Fsp3) is 0.133. The summed E-state index contributed by atoms with van der Waals surface area (Å²) >= 11 is 8.28. The van der Waals surface area contributed by atoms with Crippen LogP contribution in [-0.2, 0) is 6.61 Å². The third-order valence-corrected chi connectivity index (χ3v) is 3.90. The molecule has 2 nitrogen and oxygen atoms in total. The molecule has 0 unspecified atom stereocenters. The molecular formula is C15H13BrFNOS. The summed E-state index contributed by atoms with van der Waals surface area (Å²) in [4.78, 5) is 0.172. The van der Waals surface area contributed by atoms with Gasteiger partial charge in [0.25, 0.3) is 0 Å². The Morgan fingerprint density at radius 3 is 2.70 bits per heavy atom. The largest absolute Gasteiger partial charge is 0.489 e. The third-order valence-electron chi connectivity index (χ3n) is 2.78. The first-order valence-corrected chi connectivity index (χ1v) is 7.14. The van der Waals surface area contributed by atoms with Gasteiger partial charge in [-0.3, -0.25) is 0 Å². The smallest absolute Gasteiger partial charge is 0.124 e. The van der Waals surface area contributed by atoms with E-state index in [1.165, 1.54) is 12.1 Å². The molecule has 2 aromatic rings. The highest BCUT2D eigenvalue weighted by Gasteiger charge is 2.05. The van der Waals surface area contributed by atoms with E-state index in [4.69, 9.17) is 22.7 Å². The number of aryl methyl sites for hydroxylation is 1. The van der Waals surface area contributed by atoms with Gasteiger partial charge in [-0.15, -0.1) is 0 Å². The molecule has 2 rings (SSSR count). The number of hydrogen-bond acceptors (Lipinski definition) is 2. The second kappa shape index (κ2) is 6.33. The van der Waals surface area contributed by atoms with Crippen LogP contribution in [0.2, 0.25) is 0 Å². The Kier molecular flexibility index (Phi) is 4.73. The number of halogens is 2. The molecule has 0 aliphatic carbocycles. The van der Waals surface area contributed by atoms with E-state index in [2.05, 4.69) is 15.9 Å². The highest BCUT2D eigenvalue weighted by Crippen LogP contribution is 2.22. The summed E-state index contributed by atoms with van der Waals surface area (Å²) in [6.45, 7) is 2.23. The Morgan fingerprint density at radius 2 is 2.05 bits per heavy atom. The molecule has 0 aliphatic heterocycles. The Morgan fingerprint density at radius 1 is 1.30 bits per heavy atom. The van der Waals surface area contributed by atoms with Crippen molar-refractivity contribution in [2.24, 2.45) is 5.73 Å². The molecular weight excluding hydrogens is 341 g/mol. The van der Waals surface area contributed by atoms with E-state index >= 15 is 0 Å². The predicted molar refractivity (Wildman–Crippen MR) is 85.5 cm³/mol. The highest BCUT2D eigenvalue weighted by molar-refractivity contribution is 9.10. The van der Waals surface area contributed by atoms with E-state index in [0.29, 0.717) is 11.1 Å². The Hall–Kier alpha value is -1.46. The Balaban J connectivity index is 2.14. The van der Waals surface area contributed by atoms with Crippen molar-refractivity contribution in [1.82, 2.24) is 0 Å². The number of hydrogen-bond donors (Lipinski definition) is 1. The standard InChI is InChI=1S/C15H13BrFNOS/c1-9-4-13(2-3-14(9)16)19-8-10-5-11(15(18)20)7-12(17)6-10/h2-7H,8H2,1H3,(H2,18,20).